The van der Waals surface area contributed by atoms with Crippen molar-refractivity contribution in [2.24, 2.45) is 23.5 Å². The number of benzene rings is 1. The first kappa shape index (κ1) is 12.0. The standard InChI is InChI=1S/C14H16F3N/c15-14(16,17)12-4-2-1-3-11(12)13(18)10-6-8-5-9(8)7-10/h1-4,8-10,13H,5-7,18H2. The molecule has 0 aromatic heterocycles. The van der Waals surface area contributed by atoms with Gasteiger partial charge in [-0.05, 0) is 48.6 Å². The number of halogens is 3. The molecule has 0 spiro atoms. The van der Waals surface area contributed by atoms with Crippen molar-refractivity contribution in [3.63, 3.8) is 0 Å². The van der Waals surface area contributed by atoms with E-state index in [2.05, 4.69) is 0 Å². The van der Waals surface area contributed by atoms with Crippen LogP contribution in [0.3, 0.4) is 0 Å². The lowest BCUT2D eigenvalue weighted by Gasteiger charge is -2.24. The SMILES string of the molecule is NC(c1ccccc1C(F)(F)F)C1CC2CC2C1. The summed E-state index contributed by atoms with van der Waals surface area (Å²) in [4.78, 5) is 0. The summed E-state index contributed by atoms with van der Waals surface area (Å²) in [5.74, 6) is 1.69. The Balaban J connectivity index is 1.86. The molecule has 98 valence electrons. The zero-order valence-electron chi connectivity index (χ0n) is 9.95. The van der Waals surface area contributed by atoms with Crippen LogP contribution in [-0.2, 0) is 6.18 Å². The van der Waals surface area contributed by atoms with Crippen LogP contribution >= 0.6 is 0 Å². The second-order valence-electron chi connectivity index (χ2n) is 5.60. The van der Waals surface area contributed by atoms with Crippen LogP contribution in [0, 0.1) is 17.8 Å². The minimum atomic E-state index is -4.31. The Bertz CT molecular complexity index is 445. The Labute approximate surface area is 104 Å². The maximum absolute atomic E-state index is 12.9. The lowest BCUT2D eigenvalue weighted by Crippen LogP contribution is -2.24. The first-order valence-electron chi connectivity index (χ1n) is 6.38. The van der Waals surface area contributed by atoms with Gasteiger partial charge >= 0.3 is 6.18 Å². The van der Waals surface area contributed by atoms with Gasteiger partial charge in [0.25, 0.3) is 0 Å². The van der Waals surface area contributed by atoms with Gasteiger partial charge in [0.2, 0.25) is 0 Å². The van der Waals surface area contributed by atoms with Gasteiger partial charge in [-0.2, -0.15) is 13.2 Å². The highest BCUT2D eigenvalue weighted by molar-refractivity contribution is 5.33. The van der Waals surface area contributed by atoms with Crippen molar-refractivity contribution in [1.82, 2.24) is 0 Å². The van der Waals surface area contributed by atoms with E-state index in [1.165, 1.54) is 18.6 Å². The average molecular weight is 255 g/mol. The molecule has 3 atom stereocenters. The third-order valence-corrected chi connectivity index (χ3v) is 4.41. The van der Waals surface area contributed by atoms with E-state index in [1.54, 1.807) is 6.07 Å². The molecule has 1 aromatic rings. The fraction of sp³-hybridized carbons (Fsp3) is 0.571. The van der Waals surface area contributed by atoms with Crippen LogP contribution in [0.5, 0.6) is 0 Å². The van der Waals surface area contributed by atoms with Gasteiger partial charge in [-0.25, -0.2) is 0 Å². The predicted octanol–water partition coefficient (Wildman–Crippen LogP) is 3.75. The quantitative estimate of drug-likeness (QED) is 0.855. The van der Waals surface area contributed by atoms with Crippen LogP contribution < -0.4 is 5.73 Å². The molecule has 1 nitrogen and oxygen atoms in total. The Kier molecular flexibility index (Phi) is 2.66. The zero-order chi connectivity index (χ0) is 12.9. The van der Waals surface area contributed by atoms with Crippen molar-refractivity contribution in [3.05, 3.63) is 35.4 Å². The normalized spacial score (nSPS) is 32.1. The second kappa shape index (κ2) is 3.98. The first-order valence-corrected chi connectivity index (χ1v) is 6.38. The van der Waals surface area contributed by atoms with E-state index in [4.69, 9.17) is 5.73 Å². The van der Waals surface area contributed by atoms with E-state index in [9.17, 15) is 13.2 Å². The highest BCUT2D eigenvalue weighted by atomic mass is 19.4. The smallest absolute Gasteiger partial charge is 0.324 e. The number of nitrogens with two attached hydrogens (primary N) is 1. The Morgan fingerprint density at radius 1 is 1.06 bits per heavy atom. The van der Waals surface area contributed by atoms with Crippen molar-refractivity contribution < 1.29 is 13.2 Å². The highest BCUT2D eigenvalue weighted by Gasteiger charge is 2.48. The summed E-state index contributed by atoms with van der Waals surface area (Å²) in [6.07, 6.45) is -1.06. The fourth-order valence-corrected chi connectivity index (χ4v) is 3.35. The molecule has 2 fully saturated rings. The minimum absolute atomic E-state index is 0.220. The number of hydrogen-bond donors (Lipinski definition) is 1. The van der Waals surface area contributed by atoms with Gasteiger partial charge in [-0.15, -0.1) is 0 Å². The van der Waals surface area contributed by atoms with Crippen molar-refractivity contribution in [1.29, 1.82) is 0 Å². The summed E-state index contributed by atoms with van der Waals surface area (Å²) >= 11 is 0. The average Bonchev–Trinajstić information content (AvgIpc) is 2.94. The number of alkyl halides is 3. The van der Waals surface area contributed by atoms with Crippen LogP contribution in [0.15, 0.2) is 24.3 Å². The van der Waals surface area contributed by atoms with Crippen LogP contribution in [-0.4, -0.2) is 0 Å². The van der Waals surface area contributed by atoms with Gasteiger partial charge in [0.05, 0.1) is 5.56 Å². The molecule has 2 aliphatic rings. The monoisotopic (exact) mass is 255 g/mol. The molecule has 18 heavy (non-hydrogen) atoms. The van der Waals surface area contributed by atoms with E-state index in [1.807, 2.05) is 0 Å². The summed E-state index contributed by atoms with van der Waals surface area (Å²) in [6, 6.07) is 5.24. The maximum Gasteiger partial charge on any atom is 0.416 e. The lowest BCUT2D eigenvalue weighted by atomic mass is 9.87. The summed E-state index contributed by atoms with van der Waals surface area (Å²) in [6.45, 7) is 0. The van der Waals surface area contributed by atoms with Crippen LogP contribution in [0.1, 0.15) is 36.4 Å². The zero-order valence-corrected chi connectivity index (χ0v) is 9.95. The third-order valence-electron chi connectivity index (χ3n) is 4.41. The third kappa shape index (κ3) is 2.03. The first-order chi connectivity index (χ1) is 8.47. The second-order valence-corrected chi connectivity index (χ2v) is 5.60. The molecule has 2 N–H and O–H groups in total. The van der Waals surface area contributed by atoms with Crippen LogP contribution in [0.25, 0.3) is 0 Å². The van der Waals surface area contributed by atoms with E-state index in [0.29, 0.717) is 0 Å². The number of hydrogen-bond acceptors (Lipinski definition) is 1. The number of fused-ring (bicyclic) bond motifs is 1. The van der Waals surface area contributed by atoms with Gasteiger partial charge in [0, 0.05) is 6.04 Å². The van der Waals surface area contributed by atoms with E-state index < -0.39 is 17.8 Å². The molecule has 0 aliphatic heterocycles. The van der Waals surface area contributed by atoms with Gasteiger partial charge < -0.3 is 5.73 Å². The molecule has 3 unspecified atom stereocenters. The molecule has 1 aromatic carbocycles. The number of rotatable bonds is 2. The molecular formula is C14H16F3N. The molecule has 0 radical (unpaired) electrons. The molecule has 2 saturated carbocycles. The summed E-state index contributed by atoms with van der Waals surface area (Å²) in [7, 11) is 0. The van der Waals surface area contributed by atoms with E-state index in [-0.39, 0.29) is 11.5 Å². The molecule has 2 aliphatic carbocycles. The van der Waals surface area contributed by atoms with Crippen LogP contribution in [0.4, 0.5) is 13.2 Å². The fourth-order valence-electron chi connectivity index (χ4n) is 3.35. The largest absolute Gasteiger partial charge is 0.416 e. The van der Waals surface area contributed by atoms with Gasteiger partial charge in [-0.1, -0.05) is 18.2 Å². The van der Waals surface area contributed by atoms with E-state index >= 15 is 0 Å². The van der Waals surface area contributed by atoms with Gasteiger partial charge in [0.1, 0.15) is 0 Å². The van der Waals surface area contributed by atoms with Crippen molar-refractivity contribution >= 4 is 0 Å². The lowest BCUT2D eigenvalue weighted by molar-refractivity contribution is -0.138. The molecule has 0 bridgehead atoms. The molecule has 3 rings (SSSR count). The van der Waals surface area contributed by atoms with Gasteiger partial charge in [0.15, 0.2) is 0 Å². The Morgan fingerprint density at radius 2 is 1.67 bits per heavy atom. The minimum Gasteiger partial charge on any atom is -0.324 e. The Hall–Kier alpha value is -1.03. The summed E-state index contributed by atoms with van der Waals surface area (Å²) in [5, 5.41) is 0. The molecule has 0 saturated heterocycles. The highest BCUT2D eigenvalue weighted by Crippen LogP contribution is 2.57. The van der Waals surface area contributed by atoms with Gasteiger partial charge in [-0.3, -0.25) is 0 Å². The Morgan fingerprint density at radius 3 is 2.28 bits per heavy atom. The van der Waals surface area contributed by atoms with Crippen molar-refractivity contribution in [2.45, 2.75) is 31.5 Å². The maximum atomic E-state index is 12.9. The predicted molar refractivity (Wildman–Crippen MR) is 62.7 cm³/mol. The molecule has 0 amide bonds. The summed E-state index contributed by atoms with van der Waals surface area (Å²) in [5.41, 5.74) is 5.77. The van der Waals surface area contributed by atoms with E-state index in [0.717, 1.165) is 30.7 Å². The van der Waals surface area contributed by atoms with Crippen molar-refractivity contribution in [3.8, 4) is 0 Å². The van der Waals surface area contributed by atoms with Crippen molar-refractivity contribution in [2.75, 3.05) is 0 Å². The summed E-state index contributed by atoms with van der Waals surface area (Å²) < 4.78 is 38.8. The molecule has 4 heteroatoms. The molecule has 0 heterocycles. The topological polar surface area (TPSA) is 26.0 Å². The molecular weight excluding hydrogens is 239 g/mol. The van der Waals surface area contributed by atoms with Crippen LogP contribution in [0.2, 0.25) is 0 Å².